The van der Waals surface area contributed by atoms with Gasteiger partial charge in [0.25, 0.3) is 5.24 Å². The Labute approximate surface area is 234 Å². The number of fused-ring (bicyclic) bond motifs is 5. The normalized spacial score (nSPS) is 22.2. The molecule has 3 aliphatic heterocycles. The number of hydrogen-bond acceptors (Lipinski definition) is 7. The Morgan fingerprint density at radius 1 is 0.925 bits per heavy atom. The summed E-state index contributed by atoms with van der Waals surface area (Å²) in [6, 6.07) is 33.9. The van der Waals surface area contributed by atoms with Gasteiger partial charge in [0.15, 0.2) is 5.76 Å². The molecule has 2 atom stereocenters. The molecule has 8 rings (SSSR count). The molecule has 8 heteroatoms. The second-order valence-corrected chi connectivity index (χ2v) is 11.0. The number of carbonyl (C=O) groups is 1. The van der Waals surface area contributed by atoms with Crippen LogP contribution in [0.1, 0.15) is 29.2 Å². The molecule has 0 saturated carbocycles. The fourth-order valence-electron chi connectivity index (χ4n) is 5.67. The second kappa shape index (κ2) is 8.86. The molecule has 0 bridgehead atoms. The standard InChI is InChI=1S/C32H22N4O3S/c37-31-33-32(29(40-31)18-20-15-16-25-24(17-20)30(39-35-25)22-11-5-2-6-12-22)36-27(23-13-7-8-14-28(23)38-32)19-26(34-36)21-9-3-1-4-10-21/h1-18,27H,19H2,(H,33,37)/b29-18-. The van der Waals surface area contributed by atoms with Crippen molar-refractivity contribution in [3.8, 4) is 17.1 Å². The number of hydrogen-bond donors (Lipinski definition) is 1. The Bertz CT molecular complexity index is 1850. The highest BCUT2D eigenvalue weighted by atomic mass is 32.2. The molecule has 1 fully saturated rings. The van der Waals surface area contributed by atoms with E-state index in [4.69, 9.17) is 14.4 Å². The largest absolute Gasteiger partial charge is 0.444 e. The lowest BCUT2D eigenvalue weighted by molar-refractivity contribution is -0.0949. The van der Waals surface area contributed by atoms with E-state index >= 15 is 0 Å². The number of thioether (sulfide) groups is 1. The van der Waals surface area contributed by atoms with Crippen molar-refractivity contribution >= 4 is 39.7 Å². The number of ether oxygens (including phenoxy) is 1. The van der Waals surface area contributed by atoms with Crippen LogP contribution in [0, 0.1) is 0 Å². The lowest BCUT2D eigenvalue weighted by Gasteiger charge is -2.45. The Morgan fingerprint density at radius 2 is 1.68 bits per heavy atom. The molecule has 0 aliphatic carbocycles. The number of hydrazone groups is 1. The summed E-state index contributed by atoms with van der Waals surface area (Å²) in [6.07, 6.45) is 2.69. The first-order chi connectivity index (χ1) is 19.7. The van der Waals surface area contributed by atoms with Crippen LogP contribution in [-0.4, -0.2) is 27.0 Å². The van der Waals surface area contributed by atoms with Crippen LogP contribution in [0.2, 0.25) is 0 Å². The summed E-state index contributed by atoms with van der Waals surface area (Å²) in [6.45, 7) is 0. The van der Waals surface area contributed by atoms with Crippen molar-refractivity contribution in [2.75, 3.05) is 0 Å². The first kappa shape index (κ1) is 23.1. The van der Waals surface area contributed by atoms with Crippen molar-refractivity contribution in [1.82, 2.24) is 15.5 Å². The first-order valence-corrected chi connectivity index (χ1v) is 13.9. The average molecular weight is 543 g/mol. The molecular formula is C32H22N4O3S. The summed E-state index contributed by atoms with van der Waals surface area (Å²) in [7, 11) is 0. The van der Waals surface area contributed by atoms with Crippen LogP contribution in [0.3, 0.4) is 0 Å². The maximum atomic E-state index is 13.0. The molecular weight excluding hydrogens is 520 g/mol. The number of carbonyl (C=O) groups excluding carboxylic acids is 1. The van der Waals surface area contributed by atoms with Crippen LogP contribution in [0.4, 0.5) is 4.79 Å². The lowest BCUT2D eigenvalue weighted by atomic mass is 9.95. The summed E-state index contributed by atoms with van der Waals surface area (Å²) in [5, 5.41) is 15.1. The van der Waals surface area contributed by atoms with Crippen molar-refractivity contribution in [2.45, 2.75) is 18.3 Å². The van der Waals surface area contributed by atoms with E-state index in [9.17, 15) is 4.79 Å². The van der Waals surface area contributed by atoms with Crippen LogP contribution in [0.5, 0.6) is 5.75 Å². The van der Waals surface area contributed by atoms with E-state index in [1.54, 1.807) is 0 Å². The Balaban J connectivity index is 1.26. The van der Waals surface area contributed by atoms with E-state index in [2.05, 4.69) is 28.7 Å². The zero-order chi connectivity index (χ0) is 26.7. The van der Waals surface area contributed by atoms with Gasteiger partial charge >= 0.3 is 5.85 Å². The summed E-state index contributed by atoms with van der Waals surface area (Å²) in [4.78, 5) is 13.7. The van der Waals surface area contributed by atoms with Crippen molar-refractivity contribution in [2.24, 2.45) is 5.10 Å². The van der Waals surface area contributed by atoms with E-state index in [0.717, 1.165) is 56.4 Å². The smallest absolute Gasteiger partial charge is 0.314 e. The lowest BCUT2D eigenvalue weighted by Crippen LogP contribution is -2.61. The zero-order valence-corrected chi connectivity index (χ0v) is 22.0. The minimum atomic E-state index is -1.26. The Morgan fingerprint density at radius 3 is 2.50 bits per heavy atom. The van der Waals surface area contributed by atoms with Crippen LogP contribution >= 0.6 is 11.8 Å². The number of nitrogens with zero attached hydrogens (tertiary/aromatic N) is 3. The first-order valence-electron chi connectivity index (χ1n) is 13.1. The third kappa shape index (κ3) is 3.56. The third-order valence-electron chi connectivity index (χ3n) is 7.52. The van der Waals surface area contributed by atoms with Crippen molar-refractivity contribution < 1.29 is 14.1 Å². The molecule has 1 amide bonds. The molecule has 194 valence electrons. The Hall–Kier alpha value is -4.82. The number of benzene rings is 4. The van der Waals surface area contributed by atoms with E-state index in [0.29, 0.717) is 17.1 Å². The van der Waals surface area contributed by atoms with Crippen LogP contribution < -0.4 is 10.1 Å². The predicted octanol–water partition coefficient (Wildman–Crippen LogP) is 7.19. The van der Waals surface area contributed by atoms with Gasteiger partial charge in [-0.1, -0.05) is 90.1 Å². The maximum absolute atomic E-state index is 13.0. The van der Waals surface area contributed by atoms with Gasteiger partial charge in [-0.25, -0.2) is 5.01 Å². The van der Waals surface area contributed by atoms with Crippen molar-refractivity contribution in [3.63, 3.8) is 0 Å². The van der Waals surface area contributed by atoms with Gasteiger partial charge in [-0.05, 0) is 47.2 Å². The van der Waals surface area contributed by atoms with Crippen LogP contribution in [0.25, 0.3) is 28.3 Å². The summed E-state index contributed by atoms with van der Waals surface area (Å²) >= 11 is 1.13. The molecule has 2 unspecified atom stereocenters. The van der Waals surface area contributed by atoms with Crippen LogP contribution in [0.15, 0.2) is 118 Å². The Kier molecular flexibility index (Phi) is 5.12. The third-order valence-corrected chi connectivity index (χ3v) is 8.42. The van der Waals surface area contributed by atoms with Crippen LogP contribution in [-0.2, 0) is 0 Å². The minimum Gasteiger partial charge on any atom is -0.444 e. The highest BCUT2D eigenvalue weighted by Gasteiger charge is 2.58. The zero-order valence-electron chi connectivity index (χ0n) is 21.2. The second-order valence-electron chi connectivity index (χ2n) is 9.94. The van der Waals surface area contributed by atoms with Gasteiger partial charge in [-0.15, -0.1) is 0 Å². The molecule has 0 radical (unpaired) electrons. The molecule has 1 saturated heterocycles. The van der Waals surface area contributed by atoms with Gasteiger partial charge in [-0.2, -0.15) is 5.10 Å². The van der Waals surface area contributed by atoms with Gasteiger partial charge in [-0.3, -0.25) is 10.1 Å². The number of para-hydroxylation sites is 1. The van der Waals surface area contributed by atoms with Gasteiger partial charge < -0.3 is 9.26 Å². The molecule has 1 N–H and O–H groups in total. The molecule has 1 spiro atoms. The summed E-state index contributed by atoms with van der Waals surface area (Å²) in [5.74, 6) is 0.185. The average Bonchev–Trinajstić information content (AvgIpc) is 3.70. The summed E-state index contributed by atoms with van der Waals surface area (Å²) < 4.78 is 12.4. The number of nitrogens with one attached hydrogen (secondary N) is 1. The van der Waals surface area contributed by atoms with E-state index in [1.165, 1.54) is 0 Å². The predicted molar refractivity (Wildman–Crippen MR) is 156 cm³/mol. The van der Waals surface area contributed by atoms with Gasteiger partial charge in [0, 0.05) is 17.5 Å². The molecule has 40 heavy (non-hydrogen) atoms. The SMILES string of the molecule is O=C1NC2(Oc3ccccc3C3CC(c4ccccc4)=NN32)/C(=C/c2ccc3noc(-c4ccccc4)c3c2)S1. The van der Waals surface area contributed by atoms with Gasteiger partial charge in [0.1, 0.15) is 11.3 Å². The number of aromatic nitrogens is 1. The topological polar surface area (TPSA) is 80.0 Å². The molecule has 7 nitrogen and oxygen atoms in total. The van der Waals surface area contributed by atoms with E-state index < -0.39 is 5.85 Å². The molecule has 1 aromatic heterocycles. The molecule has 4 aromatic carbocycles. The molecule has 3 aliphatic rings. The van der Waals surface area contributed by atoms with Crippen molar-refractivity contribution in [1.29, 1.82) is 0 Å². The number of rotatable bonds is 3. The van der Waals surface area contributed by atoms with Gasteiger partial charge in [0.05, 0.1) is 22.0 Å². The molecule has 4 heterocycles. The monoisotopic (exact) mass is 542 g/mol. The number of amides is 1. The quantitative estimate of drug-likeness (QED) is 0.260. The fraction of sp³-hybridized carbons (Fsp3) is 0.0938. The van der Waals surface area contributed by atoms with Crippen molar-refractivity contribution in [3.05, 3.63) is 125 Å². The minimum absolute atomic E-state index is 0.0900. The maximum Gasteiger partial charge on any atom is 0.314 e. The molecule has 5 aromatic rings. The summed E-state index contributed by atoms with van der Waals surface area (Å²) in [5.41, 5.74) is 5.67. The van der Waals surface area contributed by atoms with Gasteiger partial charge in [0.2, 0.25) is 0 Å². The van der Waals surface area contributed by atoms with E-state index in [-0.39, 0.29) is 11.3 Å². The fourth-order valence-corrected chi connectivity index (χ4v) is 6.58. The highest BCUT2D eigenvalue weighted by Crippen LogP contribution is 2.52. The highest BCUT2D eigenvalue weighted by molar-refractivity contribution is 8.17. The van der Waals surface area contributed by atoms with E-state index in [1.807, 2.05) is 96.0 Å².